The van der Waals surface area contributed by atoms with E-state index in [1.54, 1.807) is 30.3 Å². The standard InChI is InChI=1S/C24H18N2O6S/c27-9-1-8-25-23(33)26-13-2-5-17-16(10-13)22(30)32-24(17)18-6-3-14(28)11-20(18)31-21-12-15(29)4-7-19(21)24/h2-7,9-12,28-29H,1,8H2,(H2,25,26,33). The molecule has 3 aromatic rings. The van der Waals surface area contributed by atoms with Crippen molar-refractivity contribution in [2.45, 2.75) is 12.0 Å². The van der Waals surface area contributed by atoms with E-state index in [1.807, 2.05) is 0 Å². The van der Waals surface area contributed by atoms with Crippen LogP contribution in [-0.4, -0.2) is 34.1 Å². The van der Waals surface area contributed by atoms with Crippen molar-refractivity contribution < 1.29 is 29.3 Å². The third-order valence-electron chi connectivity index (χ3n) is 5.58. The second-order valence-corrected chi connectivity index (χ2v) is 8.04. The molecule has 33 heavy (non-hydrogen) atoms. The number of thiocarbonyl (C=S) groups is 1. The van der Waals surface area contributed by atoms with Crippen LogP contribution in [0.2, 0.25) is 0 Å². The summed E-state index contributed by atoms with van der Waals surface area (Å²) in [5.74, 6) is 0.0841. The lowest BCUT2D eigenvalue weighted by Crippen LogP contribution is -2.33. The summed E-state index contributed by atoms with van der Waals surface area (Å²) in [4.78, 5) is 23.5. The number of ether oxygens (including phenoxy) is 2. The normalized spacial score (nSPS) is 14.4. The van der Waals surface area contributed by atoms with E-state index in [0.717, 1.165) is 6.29 Å². The molecule has 0 atom stereocenters. The molecule has 0 radical (unpaired) electrons. The van der Waals surface area contributed by atoms with E-state index in [0.29, 0.717) is 57.5 Å². The number of anilines is 1. The van der Waals surface area contributed by atoms with Gasteiger partial charge in [-0.15, -0.1) is 0 Å². The van der Waals surface area contributed by atoms with Gasteiger partial charge in [-0.2, -0.15) is 0 Å². The lowest BCUT2D eigenvalue weighted by Gasteiger charge is -2.36. The van der Waals surface area contributed by atoms with Crippen LogP contribution in [0.4, 0.5) is 5.69 Å². The highest BCUT2D eigenvalue weighted by Crippen LogP contribution is 2.57. The van der Waals surface area contributed by atoms with Crippen molar-refractivity contribution in [3.63, 3.8) is 0 Å². The number of rotatable bonds is 4. The Morgan fingerprint density at radius 3 is 2.24 bits per heavy atom. The van der Waals surface area contributed by atoms with E-state index in [1.165, 1.54) is 24.3 Å². The van der Waals surface area contributed by atoms with Crippen molar-refractivity contribution in [2.24, 2.45) is 0 Å². The molecule has 0 bridgehead atoms. The minimum absolute atomic E-state index is 0.00723. The van der Waals surface area contributed by atoms with Gasteiger partial charge in [0.2, 0.25) is 0 Å². The molecule has 166 valence electrons. The Kier molecular flexibility index (Phi) is 4.90. The number of hydrogen-bond donors (Lipinski definition) is 4. The first-order valence-corrected chi connectivity index (χ1v) is 10.5. The van der Waals surface area contributed by atoms with E-state index in [9.17, 15) is 19.8 Å². The van der Waals surface area contributed by atoms with Gasteiger partial charge in [0.05, 0.1) is 5.56 Å². The molecule has 2 heterocycles. The van der Waals surface area contributed by atoms with Gasteiger partial charge in [0, 0.05) is 47.5 Å². The van der Waals surface area contributed by atoms with Crippen LogP contribution in [0.5, 0.6) is 23.0 Å². The maximum absolute atomic E-state index is 13.1. The lowest BCUT2D eigenvalue weighted by molar-refractivity contribution is -0.107. The zero-order valence-corrected chi connectivity index (χ0v) is 17.9. The van der Waals surface area contributed by atoms with Crippen LogP contribution >= 0.6 is 12.2 Å². The Bertz CT molecular complexity index is 1270. The Balaban J connectivity index is 1.61. The van der Waals surface area contributed by atoms with Gasteiger partial charge in [0.25, 0.3) is 0 Å². The molecule has 2 aliphatic rings. The molecule has 1 spiro atoms. The zero-order valence-electron chi connectivity index (χ0n) is 17.1. The van der Waals surface area contributed by atoms with Gasteiger partial charge in [-0.1, -0.05) is 6.07 Å². The Morgan fingerprint density at radius 1 is 0.970 bits per heavy atom. The summed E-state index contributed by atoms with van der Waals surface area (Å²) in [6.45, 7) is 0.401. The Labute approximate surface area is 193 Å². The van der Waals surface area contributed by atoms with Gasteiger partial charge in [0.1, 0.15) is 29.3 Å². The fourth-order valence-electron chi connectivity index (χ4n) is 4.20. The first-order chi connectivity index (χ1) is 15.9. The van der Waals surface area contributed by atoms with E-state index in [-0.39, 0.29) is 11.5 Å². The number of phenolic OH excluding ortho intramolecular Hbond substituents is 2. The SMILES string of the molecule is O=CCCNC(=S)Nc1ccc2c(c1)C(=O)OC21c2ccc(O)cc2Oc2cc(O)ccc21. The van der Waals surface area contributed by atoms with Crippen molar-refractivity contribution in [3.05, 3.63) is 76.9 Å². The molecule has 0 aromatic heterocycles. The maximum Gasteiger partial charge on any atom is 0.340 e. The van der Waals surface area contributed by atoms with E-state index in [4.69, 9.17) is 21.7 Å². The number of aromatic hydroxyl groups is 2. The Hall–Kier alpha value is -4.11. The Morgan fingerprint density at radius 2 is 1.61 bits per heavy atom. The highest BCUT2D eigenvalue weighted by molar-refractivity contribution is 7.80. The molecular weight excluding hydrogens is 444 g/mol. The van der Waals surface area contributed by atoms with Gasteiger partial charge in [0.15, 0.2) is 10.7 Å². The molecule has 0 fully saturated rings. The predicted molar refractivity (Wildman–Crippen MR) is 123 cm³/mol. The number of phenols is 2. The number of nitrogens with one attached hydrogen (secondary N) is 2. The zero-order chi connectivity index (χ0) is 23.2. The van der Waals surface area contributed by atoms with Crippen molar-refractivity contribution in [3.8, 4) is 23.0 Å². The van der Waals surface area contributed by atoms with Gasteiger partial charge in [-0.3, -0.25) is 0 Å². The molecule has 4 N–H and O–H groups in total. The van der Waals surface area contributed by atoms with Crippen LogP contribution in [-0.2, 0) is 15.1 Å². The molecule has 0 unspecified atom stereocenters. The first kappa shape index (κ1) is 20.8. The number of aldehydes is 1. The fourth-order valence-corrected chi connectivity index (χ4v) is 4.42. The maximum atomic E-state index is 13.1. The minimum Gasteiger partial charge on any atom is -0.508 e. The smallest absolute Gasteiger partial charge is 0.340 e. The quantitative estimate of drug-likeness (QED) is 0.200. The van der Waals surface area contributed by atoms with Crippen LogP contribution < -0.4 is 15.4 Å². The number of benzene rings is 3. The number of carbonyl (C=O) groups is 2. The average molecular weight is 462 g/mol. The predicted octanol–water partition coefficient (Wildman–Crippen LogP) is 3.54. The summed E-state index contributed by atoms with van der Waals surface area (Å²) >= 11 is 5.24. The molecular formula is C24H18N2O6S. The molecule has 9 heteroatoms. The van der Waals surface area contributed by atoms with E-state index in [2.05, 4.69) is 10.6 Å². The second-order valence-electron chi connectivity index (χ2n) is 7.63. The van der Waals surface area contributed by atoms with Gasteiger partial charge < -0.3 is 35.1 Å². The highest BCUT2D eigenvalue weighted by atomic mass is 32.1. The van der Waals surface area contributed by atoms with Crippen molar-refractivity contribution >= 4 is 35.3 Å². The lowest BCUT2D eigenvalue weighted by atomic mass is 9.77. The summed E-state index contributed by atoms with van der Waals surface area (Å²) in [6, 6.07) is 14.4. The molecule has 0 aliphatic carbocycles. The summed E-state index contributed by atoms with van der Waals surface area (Å²) in [6.07, 6.45) is 1.12. The number of carbonyl (C=O) groups excluding carboxylic acids is 2. The third-order valence-corrected chi connectivity index (χ3v) is 5.83. The number of fused-ring (bicyclic) bond motifs is 6. The van der Waals surface area contributed by atoms with E-state index >= 15 is 0 Å². The van der Waals surface area contributed by atoms with Crippen molar-refractivity contribution in [1.82, 2.24) is 5.32 Å². The summed E-state index contributed by atoms with van der Waals surface area (Å²) in [7, 11) is 0. The summed E-state index contributed by atoms with van der Waals surface area (Å²) < 4.78 is 12.0. The minimum atomic E-state index is -1.31. The number of esters is 1. The summed E-state index contributed by atoms with van der Waals surface area (Å²) in [5.41, 5.74) is 1.32. The van der Waals surface area contributed by atoms with Gasteiger partial charge in [-0.25, -0.2) is 4.79 Å². The molecule has 3 aromatic carbocycles. The second kappa shape index (κ2) is 7.79. The number of hydrogen-bond acceptors (Lipinski definition) is 7. The largest absolute Gasteiger partial charge is 0.508 e. The molecule has 2 aliphatic heterocycles. The monoisotopic (exact) mass is 462 g/mol. The fraction of sp³-hybridized carbons (Fsp3) is 0.125. The molecule has 8 nitrogen and oxygen atoms in total. The molecule has 0 saturated carbocycles. The van der Waals surface area contributed by atoms with Crippen molar-refractivity contribution in [1.29, 1.82) is 0 Å². The molecule has 0 saturated heterocycles. The van der Waals surface area contributed by atoms with Crippen LogP contribution in [0.3, 0.4) is 0 Å². The van der Waals surface area contributed by atoms with Crippen LogP contribution in [0.25, 0.3) is 0 Å². The topological polar surface area (TPSA) is 117 Å². The van der Waals surface area contributed by atoms with Gasteiger partial charge in [-0.05, 0) is 48.6 Å². The van der Waals surface area contributed by atoms with Gasteiger partial charge >= 0.3 is 5.97 Å². The molecule has 5 rings (SSSR count). The molecule has 0 amide bonds. The van der Waals surface area contributed by atoms with Crippen LogP contribution in [0, 0.1) is 0 Å². The van der Waals surface area contributed by atoms with Crippen molar-refractivity contribution in [2.75, 3.05) is 11.9 Å². The third kappa shape index (κ3) is 3.33. The average Bonchev–Trinajstić information content (AvgIpc) is 3.06. The van der Waals surface area contributed by atoms with Crippen LogP contribution in [0.15, 0.2) is 54.6 Å². The first-order valence-electron chi connectivity index (χ1n) is 10.1. The highest BCUT2D eigenvalue weighted by Gasteiger charge is 2.53. The van der Waals surface area contributed by atoms with E-state index < -0.39 is 11.6 Å². The van der Waals surface area contributed by atoms with Crippen LogP contribution in [0.1, 0.15) is 33.5 Å². The summed E-state index contributed by atoms with van der Waals surface area (Å²) in [5, 5.41) is 26.2.